The highest BCUT2D eigenvalue weighted by atomic mass is 16.4. The highest BCUT2D eigenvalue weighted by Gasteiger charge is 2.15. The van der Waals surface area contributed by atoms with Gasteiger partial charge in [0.25, 0.3) is 5.91 Å². The number of nitrogens with zero attached hydrogens (tertiary/aromatic N) is 2. The Morgan fingerprint density at radius 1 is 1.67 bits per heavy atom. The maximum absolute atomic E-state index is 11.6. The number of aryl methyl sites for hydroxylation is 1. The van der Waals surface area contributed by atoms with Crippen molar-refractivity contribution in [1.82, 2.24) is 4.90 Å². The molecular weight excluding hydrogens is 198 g/mol. The van der Waals surface area contributed by atoms with E-state index in [0.717, 1.165) is 0 Å². The molecular formula is C9H13N3O3. The van der Waals surface area contributed by atoms with E-state index in [4.69, 9.17) is 15.4 Å². The Kier molecular flexibility index (Phi) is 3.33. The first kappa shape index (κ1) is 11.1. The highest BCUT2D eigenvalue weighted by molar-refractivity contribution is 5.94. The zero-order valence-electron chi connectivity index (χ0n) is 8.60. The van der Waals surface area contributed by atoms with Gasteiger partial charge in [-0.2, -0.15) is 0 Å². The molecule has 0 unspecified atom stereocenters. The summed E-state index contributed by atoms with van der Waals surface area (Å²) in [7, 11) is 1.54. The maximum atomic E-state index is 11.6. The molecule has 6 heteroatoms. The minimum Gasteiger partial charge on any atom is -0.456 e. The molecule has 1 amide bonds. The molecule has 0 aliphatic heterocycles. The fourth-order valence-corrected chi connectivity index (χ4v) is 1.08. The summed E-state index contributed by atoms with van der Waals surface area (Å²) in [5.41, 5.74) is 5.27. The summed E-state index contributed by atoms with van der Waals surface area (Å²) in [6, 6.07) is 3.28. The normalized spacial score (nSPS) is 11.5. The summed E-state index contributed by atoms with van der Waals surface area (Å²) < 4.78 is 5.15. The molecule has 3 N–H and O–H groups in total. The molecule has 1 aromatic rings. The lowest BCUT2D eigenvalue weighted by molar-refractivity contribution is 0.0781. The second-order valence-electron chi connectivity index (χ2n) is 3.16. The van der Waals surface area contributed by atoms with Gasteiger partial charge in [0.15, 0.2) is 11.6 Å². The molecule has 0 spiro atoms. The van der Waals surface area contributed by atoms with E-state index >= 15 is 0 Å². The van der Waals surface area contributed by atoms with Crippen molar-refractivity contribution in [3.05, 3.63) is 23.7 Å². The first-order valence-electron chi connectivity index (χ1n) is 4.33. The topological polar surface area (TPSA) is 92.1 Å². The number of furan rings is 1. The van der Waals surface area contributed by atoms with Crippen LogP contribution in [0.15, 0.2) is 21.7 Å². The molecule has 0 atom stereocenters. The number of hydrogen-bond acceptors (Lipinski definition) is 4. The summed E-state index contributed by atoms with van der Waals surface area (Å²) >= 11 is 0. The van der Waals surface area contributed by atoms with Crippen molar-refractivity contribution in [3.63, 3.8) is 0 Å². The van der Waals surface area contributed by atoms with Gasteiger partial charge >= 0.3 is 0 Å². The van der Waals surface area contributed by atoms with Crippen molar-refractivity contribution >= 4 is 11.7 Å². The Hall–Kier alpha value is -1.98. The van der Waals surface area contributed by atoms with Gasteiger partial charge < -0.3 is 20.3 Å². The van der Waals surface area contributed by atoms with Gasteiger partial charge in [0.1, 0.15) is 5.76 Å². The third-order valence-electron chi connectivity index (χ3n) is 1.83. The van der Waals surface area contributed by atoms with Gasteiger partial charge in [-0.05, 0) is 19.1 Å². The van der Waals surface area contributed by atoms with E-state index in [1.54, 1.807) is 19.1 Å². The van der Waals surface area contributed by atoms with Crippen LogP contribution in [0.25, 0.3) is 0 Å². The number of nitrogens with two attached hydrogens (primary N) is 1. The first-order chi connectivity index (χ1) is 7.04. The molecule has 1 rings (SSSR count). The van der Waals surface area contributed by atoms with Crippen LogP contribution >= 0.6 is 0 Å². The standard InChI is InChI=1S/C9H13N3O3/c1-6-3-4-7(15-6)9(13)12(2)5-8(10)11-14/h3-4,14H,5H2,1-2H3,(H2,10,11). The number of rotatable bonds is 3. The van der Waals surface area contributed by atoms with Crippen LogP contribution in [0.4, 0.5) is 0 Å². The quantitative estimate of drug-likeness (QED) is 0.328. The van der Waals surface area contributed by atoms with Crippen LogP contribution < -0.4 is 5.73 Å². The largest absolute Gasteiger partial charge is 0.456 e. The molecule has 0 saturated carbocycles. The van der Waals surface area contributed by atoms with Crippen LogP contribution in [0.1, 0.15) is 16.3 Å². The molecule has 82 valence electrons. The second kappa shape index (κ2) is 4.50. The number of amidine groups is 1. The third-order valence-corrected chi connectivity index (χ3v) is 1.83. The number of carbonyl (C=O) groups excluding carboxylic acids is 1. The summed E-state index contributed by atoms with van der Waals surface area (Å²) in [5.74, 6) is 0.556. The lowest BCUT2D eigenvalue weighted by Gasteiger charge is -2.14. The average molecular weight is 211 g/mol. The fourth-order valence-electron chi connectivity index (χ4n) is 1.08. The Balaban J connectivity index is 2.69. The molecule has 0 aromatic carbocycles. The van der Waals surface area contributed by atoms with E-state index in [1.165, 1.54) is 11.9 Å². The van der Waals surface area contributed by atoms with Gasteiger partial charge in [0, 0.05) is 7.05 Å². The molecule has 6 nitrogen and oxygen atoms in total. The average Bonchev–Trinajstić information content (AvgIpc) is 2.63. The van der Waals surface area contributed by atoms with E-state index < -0.39 is 0 Å². The number of carbonyl (C=O) groups is 1. The van der Waals surface area contributed by atoms with Crippen LogP contribution in [-0.4, -0.2) is 35.4 Å². The lowest BCUT2D eigenvalue weighted by atomic mass is 10.4. The zero-order chi connectivity index (χ0) is 11.4. The van der Waals surface area contributed by atoms with E-state index in [2.05, 4.69) is 5.16 Å². The molecule has 0 aliphatic carbocycles. The van der Waals surface area contributed by atoms with E-state index in [9.17, 15) is 4.79 Å². The third kappa shape index (κ3) is 2.73. The van der Waals surface area contributed by atoms with Gasteiger partial charge in [0.2, 0.25) is 0 Å². The monoisotopic (exact) mass is 211 g/mol. The summed E-state index contributed by atoms with van der Waals surface area (Å²) in [4.78, 5) is 12.9. The lowest BCUT2D eigenvalue weighted by Crippen LogP contribution is -2.35. The van der Waals surface area contributed by atoms with Crippen LogP contribution in [0, 0.1) is 6.92 Å². The summed E-state index contributed by atoms with van der Waals surface area (Å²) in [6.07, 6.45) is 0. The predicted octanol–water partition coefficient (Wildman–Crippen LogP) is 0.406. The number of amides is 1. The van der Waals surface area contributed by atoms with Gasteiger partial charge in [-0.15, -0.1) is 0 Å². The van der Waals surface area contributed by atoms with E-state index in [1.807, 2.05) is 0 Å². The second-order valence-corrected chi connectivity index (χ2v) is 3.16. The van der Waals surface area contributed by atoms with Crippen molar-refractivity contribution in [1.29, 1.82) is 0 Å². The minimum absolute atomic E-state index is 0.0332. The molecule has 1 heterocycles. The number of oxime groups is 1. The maximum Gasteiger partial charge on any atom is 0.289 e. The molecule has 15 heavy (non-hydrogen) atoms. The summed E-state index contributed by atoms with van der Waals surface area (Å²) in [5, 5.41) is 11.1. The van der Waals surface area contributed by atoms with Crippen LogP contribution in [0.3, 0.4) is 0 Å². The van der Waals surface area contributed by atoms with Gasteiger partial charge in [-0.3, -0.25) is 4.79 Å². The minimum atomic E-state index is -0.310. The Bertz CT molecular complexity index is 384. The van der Waals surface area contributed by atoms with E-state index in [-0.39, 0.29) is 24.0 Å². The predicted molar refractivity (Wildman–Crippen MR) is 53.8 cm³/mol. The first-order valence-corrected chi connectivity index (χ1v) is 4.33. The molecule has 0 aliphatic rings. The van der Waals surface area contributed by atoms with Gasteiger partial charge in [-0.1, -0.05) is 5.16 Å². The van der Waals surface area contributed by atoms with Crippen molar-refractivity contribution in [2.45, 2.75) is 6.92 Å². The smallest absolute Gasteiger partial charge is 0.289 e. The van der Waals surface area contributed by atoms with Crippen molar-refractivity contribution in [3.8, 4) is 0 Å². The summed E-state index contributed by atoms with van der Waals surface area (Å²) in [6.45, 7) is 1.80. The van der Waals surface area contributed by atoms with E-state index in [0.29, 0.717) is 5.76 Å². The Morgan fingerprint density at radius 2 is 2.33 bits per heavy atom. The SMILES string of the molecule is Cc1ccc(C(=O)N(C)CC(N)=NO)o1. The van der Waals surface area contributed by atoms with Crippen molar-refractivity contribution in [2.75, 3.05) is 13.6 Å². The molecule has 1 aromatic heterocycles. The van der Waals surface area contributed by atoms with Crippen LogP contribution in [0.2, 0.25) is 0 Å². The number of hydrogen-bond donors (Lipinski definition) is 2. The molecule has 0 radical (unpaired) electrons. The van der Waals surface area contributed by atoms with Gasteiger partial charge in [-0.25, -0.2) is 0 Å². The van der Waals surface area contributed by atoms with Crippen LogP contribution in [-0.2, 0) is 0 Å². The fraction of sp³-hybridized carbons (Fsp3) is 0.333. The van der Waals surface area contributed by atoms with Crippen molar-refractivity contribution < 1.29 is 14.4 Å². The Morgan fingerprint density at radius 3 is 2.80 bits per heavy atom. The van der Waals surface area contributed by atoms with Crippen LogP contribution in [0.5, 0.6) is 0 Å². The Labute approximate surface area is 87.0 Å². The highest BCUT2D eigenvalue weighted by Crippen LogP contribution is 2.08. The molecule has 0 bridgehead atoms. The van der Waals surface area contributed by atoms with Crippen molar-refractivity contribution in [2.24, 2.45) is 10.9 Å². The zero-order valence-corrected chi connectivity index (χ0v) is 8.60. The molecule has 0 saturated heterocycles. The molecule has 0 fully saturated rings. The number of likely N-dealkylation sites (N-methyl/N-ethyl adjacent to an activating group) is 1. The van der Waals surface area contributed by atoms with Gasteiger partial charge in [0.05, 0.1) is 6.54 Å².